The summed E-state index contributed by atoms with van der Waals surface area (Å²) in [6.45, 7) is 7.89. The number of rotatable bonds is 5. The minimum atomic E-state index is -0.533. The average Bonchev–Trinajstić information content (AvgIpc) is 2.81. The van der Waals surface area contributed by atoms with Gasteiger partial charge in [-0.1, -0.05) is 42.5 Å². The van der Waals surface area contributed by atoms with Crippen LogP contribution in [0, 0.1) is 5.92 Å². The van der Waals surface area contributed by atoms with E-state index in [0.29, 0.717) is 26.2 Å². The van der Waals surface area contributed by atoms with Crippen LogP contribution in [0.15, 0.2) is 65.9 Å². The van der Waals surface area contributed by atoms with Gasteiger partial charge in [0.25, 0.3) is 0 Å². The van der Waals surface area contributed by atoms with Gasteiger partial charge in [0.2, 0.25) is 0 Å². The summed E-state index contributed by atoms with van der Waals surface area (Å²) >= 11 is 0. The molecule has 2 aliphatic heterocycles. The third-order valence-electron chi connectivity index (χ3n) is 6.11. The van der Waals surface area contributed by atoms with Gasteiger partial charge in [-0.05, 0) is 61.2 Å². The largest absolute Gasteiger partial charge is 0.444 e. The van der Waals surface area contributed by atoms with Gasteiger partial charge in [0.15, 0.2) is 0 Å². The van der Waals surface area contributed by atoms with E-state index in [4.69, 9.17) is 9.47 Å². The van der Waals surface area contributed by atoms with Crippen molar-refractivity contribution in [2.45, 2.75) is 45.5 Å². The zero-order chi connectivity index (χ0) is 23.4. The molecule has 1 saturated heterocycles. The molecule has 2 heterocycles. The van der Waals surface area contributed by atoms with E-state index in [1.165, 1.54) is 10.8 Å². The number of likely N-dealkylation sites (tertiary alicyclic amines) is 1. The van der Waals surface area contributed by atoms with Crippen LogP contribution in [0.2, 0.25) is 0 Å². The van der Waals surface area contributed by atoms with E-state index in [9.17, 15) is 9.90 Å². The lowest BCUT2D eigenvalue weighted by molar-refractivity contribution is -0.0461. The summed E-state index contributed by atoms with van der Waals surface area (Å²) in [6, 6.07) is 14.7. The highest BCUT2D eigenvalue weighted by atomic mass is 16.6. The second-order valence-electron chi connectivity index (χ2n) is 9.81. The zero-order valence-electron chi connectivity index (χ0n) is 19.7. The third-order valence-corrected chi connectivity index (χ3v) is 6.11. The van der Waals surface area contributed by atoms with E-state index in [1.807, 2.05) is 45.1 Å². The number of amides is 1. The van der Waals surface area contributed by atoms with Gasteiger partial charge in [-0.25, -0.2) is 4.79 Å². The number of carbonyl (C=O) groups is 1. The average molecular weight is 451 g/mol. The Morgan fingerprint density at radius 3 is 2.64 bits per heavy atom. The molecule has 4 rings (SSSR count). The molecule has 1 fully saturated rings. The maximum Gasteiger partial charge on any atom is 0.410 e. The second kappa shape index (κ2) is 9.98. The van der Waals surface area contributed by atoms with Crippen LogP contribution in [0.4, 0.5) is 4.79 Å². The van der Waals surface area contributed by atoms with Crippen LogP contribution in [0.5, 0.6) is 0 Å². The predicted molar refractivity (Wildman–Crippen MR) is 130 cm³/mol. The number of hydrogen-bond acceptors (Lipinski definition) is 5. The van der Waals surface area contributed by atoms with Gasteiger partial charge in [0, 0.05) is 24.7 Å². The molecule has 2 aliphatic rings. The lowest BCUT2D eigenvalue weighted by atomic mass is 9.89. The molecular formula is C27H34N2O4. The molecule has 6 nitrogen and oxygen atoms in total. The lowest BCUT2D eigenvalue weighted by Crippen LogP contribution is -2.50. The normalized spacial score (nSPS) is 21.3. The number of nitrogens with zero attached hydrogens (tertiary/aromatic N) is 1. The Kier molecular flexibility index (Phi) is 7.05. The maximum absolute atomic E-state index is 12.7. The van der Waals surface area contributed by atoms with Crippen molar-refractivity contribution in [3.8, 4) is 0 Å². The Labute approximate surface area is 195 Å². The van der Waals surface area contributed by atoms with Crippen LogP contribution in [0.3, 0.4) is 0 Å². The van der Waals surface area contributed by atoms with Crippen LogP contribution in [0.1, 0.15) is 32.8 Å². The predicted octanol–water partition coefficient (Wildman–Crippen LogP) is 4.39. The molecule has 0 spiro atoms. The molecule has 6 heteroatoms. The third kappa shape index (κ3) is 5.95. The molecule has 2 aromatic carbocycles. The summed E-state index contributed by atoms with van der Waals surface area (Å²) < 4.78 is 12.1. The Morgan fingerprint density at radius 2 is 1.94 bits per heavy atom. The first-order valence-electron chi connectivity index (χ1n) is 11.6. The summed E-state index contributed by atoms with van der Waals surface area (Å²) in [4.78, 5) is 14.5. The SMILES string of the molecule is CC(C)(C)OC(=O)N1CCC(C2=CC=C(CO)CN2)C(OCc2ccc3ccccc3c2)C1. The summed E-state index contributed by atoms with van der Waals surface area (Å²) in [5.41, 5.74) is 2.63. The molecule has 1 amide bonds. The van der Waals surface area contributed by atoms with Crippen LogP contribution < -0.4 is 5.32 Å². The Morgan fingerprint density at radius 1 is 1.15 bits per heavy atom. The Bertz CT molecular complexity index is 1050. The smallest absolute Gasteiger partial charge is 0.410 e. The molecule has 2 unspecified atom stereocenters. The fourth-order valence-corrected chi connectivity index (χ4v) is 4.37. The zero-order valence-corrected chi connectivity index (χ0v) is 19.7. The molecule has 2 atom stereocenters. The van der Waals surface area contributed by atoms with Crippen LogP contribution in [0.25, 0.3) is 10.8 Å². The van der Waals surface area contributed by atoms with E-state index in [1.54, 1.807) is 4.90 Å². The first-order chi connectivity index (χ1) is 15.8. The number of aliphatic hydroxyl groups excluding tert-OH is 1. The summed E-state index contributed by atoms with van der Waals surface area (Å²) in [7, 11) is 0. The second-order valence-corrected chi connectivity index (χ2v) is 9.81. The monoisotopic (exact) mass is 450 g/mol. The van der Waals surface area contributed by atoms with Crippen molar-refractivity contribution in [2.75, 3.05) is 26.2 Å². The fourth-order valence-electron chi connectivity index (χ4n) is 4.37. The molecule has 33 heavy (non-hydrogen) atoms. The first-order valence-corrected chi connectivity index (χ1v) is 11.6. The van der Waals surface area contributed by atoms with Gasteiger partial charge in [-0.15, -0.1) is 0 Å². The fraction of sp³-hybridized carbons (Fsp3) is 0.444. The molecule has 2 N–H and O–H groups in total. The summed E-state index contributed by atoms with van der Waals surface area (Å²) in [5, 5.41) is 15.2. The van der Waals surface area contributed by atoms with Gasteiger partial charge < -0.3 is 24.8 Å². The van der Waals surface area contributed by atoms with Crippen molar-refractivity contribution in [3.05, 3.63) is 71.5 Å². The van der Waals surface area contributed by atoms with E-state index in [0.717, 1.165) is 23.3 Å². The van der Waals surface area contributed by atoms with Crippen molar-refractivity contribution in [1.29, 1.82) is 0 Å². The molecule has 0 radical (unpaired) electrons. The molecular weight excluding hydrogens is 416 g/mol. The number of fused-ring (bicyclic) bond motifs is 1. The number of piperidine rings is 1. The van der Waals surface area contributed by atoms with Gasteiger partial charge in [0.1, 0.15) is 5.60 Å². The van der Waals surface area contributed by atoms with E-state index in [-0.39, 0.29) is 24.7 Å². The number of carbonyl (C=O) groups excluding carboxylic acids is 1. The van der Waals surface area contributed by atoms with E-state index < -0.39 is 5.60 Å². The van der Waals surface area contributed by atoms with Crippen molar-refractivity contribution in [3.63, 3.8) is 0 Å². The van der Waals surface area contributed by atoms with Crippen LogP contribution in [-0.4, -0.2) is 54.0 Å². The molecule has 0 aliphatic carbocycles. The topological polar surface area (TPSA) is 71.0 Å². The Balaban J connectivity index is 1.50. The number of ether oxygens (including phenoxy) is 2. The number of dihydropyridines is 1. The van der Waals surface area contributed by atoms with Crippen LogP contribution in [-0.2, 0) is 16.1 Å². The highest BCUT2D eigenvalue weighted by molar-refractivity contribution is 5.82. The standard InChI is InChI=1S/C27H34N2O4/c1-27(2,3)33-26(31)29-13-12-23(24-11-9-20(17-30)15-28-24)25(16-29)32-18-19-8-10-21-6-4-5-7-22(21)14-19/h4-11,14,23,25,28,30H,12-13,15-18H2,1-3H3. The quantitative estimate of drug-likeness (QED) is 0.707. The van der Waals surface area contributed by atoms with Crippen molar-refractivity contribution in [1.82, 2.24) is 10.2 Å². The highest BCUT2D eigenvalue weighted by Crippen LogP contribution is 2.29. The van der Waals surface area contributed by atoms with Gasteiger partial charge >= 0.3 is 6.09 Å². The highest BCUT2D eigenvalue weighted by Gasteiger charge is 2.36. The molecule has 0 saturated carbocycles. The maximum atomic E-state index is 12.7. The minimum Gasteiger partial charge on any atom is -0.444 e. The minimum absolute atomic E-state index is 0.0513. The molecule has 0 bridgehead atoms. The first kappa shape index (κ1) is 23.3. The van der Waals surface area contributed by atoms with Crippen molar-refractivity contribution < 1.29 is 19.4 Å². The summed E-state index contributed by atoms with van der Waals surface area (Å²) in [6.07, 6.45) is 4.33. The number of benzene rings is 2. The lowest BCUT2D eigenvalue weighted by Gasteiger charge is -2.40. The van der Waals surface area contributed by atoms with Gasteiger partial charge in [-0.3, -0.25) is 0 Å². The Hall–Kier alpha value is -2.83. The van der Waals surface area contributed by atoms with Gasteiger partial charge in [-0.2, -0.15) is 0 Å². The van der Waals surface area contributed by atoms with Crippen molar-refractivity contribution >= 4 is 16.9 Å². The number of hydrogen-bond donors (Lipinski definition) is 2. The molecule has 176 valence electrons. The van der Waals surface area contributed by atoms with E-state index in [2.05, 4.69) is 35.6 Å². The number of aliphatic hydroxyl groups is 1. The summed E-state index contributed by atoms with van der Waals surface area (Å²) in [5.74, 6) is 0.139. The molecule has 2 aromatic rings. The number of nitrogens with one attached hydrogen (secondary N) is 1. The number of allylic oxidation sites excluding steroid dienone is 2. The van der Waals surface area contributed by atoms with E-state index >= 15 is 0 Å². The van der Waals surface area contributed by atoms with Crippen LogP contribution >= 0.6 is 0 Å². The van der Waals surface area contributed by atoms with Gasteiger partial charge in [0.05, 0.1) is 25.9 Å². The molecule has 0 aromatic heterocycles. The van der Waals surface area contributed by atoms with Crippen molar-refractivity contribution in [2.24, 2.45) is 5.92 Å².